The van der Waals surface area contributed by atoms with Gasteiger partial charge >= 0.3 is 5.97 Å². The van der Waals surface area contributed by atoms with E-state index in [0.717, 1.165) is 0 Å². The molecule has 0 fully saturated rings. The Bertz CT molecular complexity index is 131. The fourth-order valence-corrected chi connectivity index (χ4v) is 0.196. The molecule has 0 aromatic rings. The molecule has 0 bridgehead atoms. The van der Waals surface area contributed by atoms with Crippen molar-refractivity contribution in [3.63, 3.8) is 0 Å². The van der Waals surface area contributed by atoms with Crippen molar-refractivity contribution in [3.8, 4) is 12.0 Å². The van der Waals surface area contributed by atoms with Crippen LogP contribution in [0.2, 0.25) is 0 Å². The van der Waals surface area contributed by atoms with Crippen LogP contribution in [0.4, 0.5) is 0 Å². The van der Waals surface area contributed by atoms with Gasteiger partial charge in [0, 0.05) is 6.92 Å². The third-order valence-electron chi connectivity index (χ3n) is 0.385. The van der Waals surface area contributed by atoms with Gasteiger partial charge in [0.15, 0.2) is 0 Å². The number of carbonyl (C=O) groups is 1. The predicted octanol–water partition coefficient (Wildman–Crippen LogP) is 0.708. The van der Waals surface area contributed by atoms with Crippen LogP contribution in [0.1, 0.15) is 6.92 Å². The molecule has 1 radical (unpaired) electrons. The number of rotatable bonds is 1. The normalized spacial score (nSPS) is 6.75. The average Bonchev–Trinajstić information content (AvgIpc) is 1.83. The van der Waals surface area contributed by atoms with E-state index < -0.39 is 5.97 Å². The first kappa shape index (κ1) is 7.38. The van der Waals surface area contributed by atoms with Gasteiger partial charge in [-0.2, -0.15) is 0 Å². The van der Waals surface area contributed by atoms with Crippen LogP contribution in [-0.4, -0.2) is 11.7 Å². The summed E-state index contributed by atoms with van der Waals surface area (Å²) in [6, 6.07) is 0. The maximum atomic E-state index is 10.1. The SMILES string of the molecule is CC#COC(=O)C[S]. The van der Waals surface area contributed by atoms with Crippen molar-refractivity contribution in [2.75, 3.05) is 5.75 Å². The van der Waals surface area contributed by atoms with E-state index in [-0.39, 0.29) is 5.75 Å². The Morgan fingerprint density at radius 2 is 2.50 bits per heavy atom. The summed E-state index contributed by atoms with van der Waals surface area (Å²) in [5.41, 5.74) is 0. The van der Waals surface area contributed by atoms with Crippen LogP contribution in [0, 0.1) is 12.0 Å². The molecular weight excluding hydrogens is 124 g/mol. The van der Waals surface area contributed by atoms with Crippen LogP contribution in [0.3, 0.4) is 0 Å². The molecule has 0 aliphatic heterocycles. The van der Waals surface area contributed by atoms with Crippen molar-refractivity contribution in [2.24, 2.45) is 0 Å². The molecule has 0 amide bonds. The summed E-state index contributed by atoms with van der Waals surface area (Å²) in [6.45, 7) is 1.58. The Morgan fingerprint density at radius 3 is 2.88 bits per heavy atom. The minimum atomic E-state index is -0.464. The van der Waals surface area contributed by atoms with Crippen molar-refractivity contribution < 1.29 is 9.53 Å². The molecule has 0 rings (SSSR count). The first-order chi connectivity index (χ1) is 3.81. The van der Waals surface area contributed by atoms with E-state index in [1.165, 1.54) is 0 Å². The Balaban J connectivity index is 3.35. The van der Waals surface area contributed by atoms with Crippen molar-refractivity contribution in [1.82, 2.24) is 0 Å². The molecule has 8 heavy (non-hydrogen) atoms. The van der Waals surface area contributed by atoms with E-state index in [1.54, 1.807) is 6.92 Å². The van der Waals surface area contributed by atoms with E-state index in [1.807, 2.05) is 0 Å². The molecule has 43 valence electrons. The smallest absolute Gasteiger partial charge is 0.330 e. The summed E-state index contributed by atoms with van der Waals surface area (Å²) < 4.78 is 4.24. The summed E-state index contributed by atoms with van der Waals surface area (Å²) in [7, 11) is 0. The topological polar surface area (TPSA) is 26.3 Å². The lowest BCUT2D eigenvalue weighted by Crippen LogP contribution is -1.99. The second-order valence-corrected chi connectivity index (χ2v) is 1.26. The fraction of sp³-hybridized carbons (Fsp3) is 0.400. The maximum Gasteiger partial charge on any atom is 0.330 e. The largest absolute Gasteiger partial charge is 0.371 e. The highest BCUT2D eigenvalue weighted by molar-refractivity contribution is 7.81. The molecule has 0 aromatic carbocycles. The Hall–Kier alpha value is -0.620. The summed E-state index contributed by atoms with van der Waals surface area (Å²) >= 11 is 4.35. The maximum absolute atomic E-state index is 10.1. The van der Waals surface area contributed by atoms with Crippen LogP contribution in [0.25, 0.3) is 0 Å². The highest BCUT2D eigenvalue weighted by Gasteiger charge is 1.92. The average molecular weight is 129 g/mol. The Kier molecular flexibility index (Phi) is 4.19. The van der Waals surface area contributed by atoms with Crippen molar-refractivity contribution in [1.29, 1.82) is 0 Å². The summed E-state index contributed by atoms with van der Waals surface area (Å²) in [4.78, 5) is 10.1. The van der Waals surface area contributed by atoms with Gasteiger partial charge in [-0.3, -0.25) is 0 Å². The van der Waals surface area contributed by atoms with Crippen molar-refractivity contribution in [3.05, 3.63) is 0 Å². The summed E-state index contributed by atoms with van der Waals surface area (Å²) in [5, 5.41) is 0. The zero-order valence-corrected chi connectivity index (χ0v) is 5.25. The number of hydrogen-bond acceptors (Lipinski definition) is 2. The van der Waals surface area contributed by atoms with Crippen molar-refractivity contribution in [2.45, 2.75) is 6.92 Å². The molecule has 0 spiro atoms. The number of carbonyl (C=O) groups excluding carboxylic acids is 1. The predicted molar refractivity (Wildman–Crippen MR) is 32.0 cm³/mol. The molecule has 0 atom stereocenters. The zero-order valence-electron chi connectivity index (χ0n) is 4.43. The standard InChI is InChI=1S/C5H5O2S/c1-2-3-7-5(6)4-8/h4H2,1H3. The molecular formula is C5H5O2S. The lowest BCUT2D eigenvalue weighted by Gasteiger charge is -1.84. The first-order valence-electron chi connectivity index (χ1n) is 2.00. The monoisotopic (exact) mass is 129 g/mol. The van der Waals surface area contributed by atoms with Gasteiger partial charge in [-0.05, 0) is 0 Å². The minimum Gasteiger partial charge on any atom is -0.371 e. The molecule has 0 unspecified atom stereocenters. The lowest BCUT2D eigenvalue weighted by molar-refractivity contribution is -0.133. The van der Waals surface area contributed by atoms with Gasteiger partial charge in [0.1, 0.15) is 11.9 Å². The van der Waals surface area contributed by atoms with Gasteiger partial charge < -0.3 is 4.74 Å². The van der Waals surface area contributed by atoms with E-state index in [4.69, 9.17) is 0 Å². The quantitative estimate of drug-likeness (QED) is 0.385. The highest BCUT2D eigenvalue weighted by atomic mass is 32.1. The van der Waals surface area contributed by atoms with Crippen LogP contribution in [0.15, 0.2) is 0 Å². The Labute approximate surface area is 53.6 Å². The van der Waals surface area contributed by atoms with Crippen LogP contribution >= 0.6 is 12.6 Å². The van der Waals surface area contributed by atoms with E-state index in [9.17, 15) is 4.79 Å². The van der Waals surface area contributed by atoms with Crippen LogP contribution in [-0.2, 0) is 9.53 Å². The van der Waals surface area contributed by atoms with Crippen molar-refractivity contribution >= 4 is 18.6 Å². The van der Waals surface area contributed by atoms with Gasteiger partial charge in [-0.25, -0.2) is 4.79 Å². The van der Waals surface area contributed by atoms with Gasteiger partial charge in [0.25, 0.3) is 0 Å². The van der Waals surface area contributed by atoms with Crippen LogP contribution in [0.5, 0.6) is 0 Å². The molecule has 0 N–H and O–H groups in total. The highest BCUT2D eigenvalue weighted by Crippen LogP contribution is 1.77. The zero-order chi connectivity index (χ0) is 6.41. The lowest BCUT2D eigenvalue weighted by atomic mass is 10.8. The summed E-state index contributed by atoms with van der Waals surface area (Å²) in [6.07, 6.45) is 2.13. The molecule has 0 saturated carbocycles. The second kappa shape index (κ2) is 4.54. The van der Waals surface area contributed by atoms with Gasteiger partial charge in [0.05, 0.1) is 0 Å². The summed E-state index contributed by atoms with van der Waals surface area (Å²) in [5.74, 6) is 1.90. The molecule has 0 heterocycles. The molecule has 0 aliphatic carbocycles. The van der Waals surface area contributed by atoms with Gasteiger partial charge in [0.2, 0.25) is 0 Å². The fourth-order valence-electron chi connectivity index (χ4n) is 0.137. The molecule has 0 aromatic heterocycles. The van der Waals surface area contributed by atoms with Gasteiger partial charge in [-0.15, -0.1) is 0 Å². The van der Waals surface area contributed by atoms with Crippen LogP contribution < -0.4 is 0 Å². The third-order valence-corrected chi connectivity index (χ3v) is 0.620. The second-order valence-electron chi connectivity index (χ2n) is 0.970. The number of esters is 1. The number of hydrogen-bond donors (Lipinski definition) is 0. The minimum absolute atomic E-state index is 0.0331. The first-order valence-corrected chi connectivity index (χ1v) is 2.58. The van der Waals surface area contributed by atoms with E-state index >= 15 is 0 Å². The molecule has 0 saturated heterocycles. The molecule has 2 nitrogen and oxygen atoms in total. The number of ether oxygens (including phenoxy) is 1. The van der Waals surface area contributed by atoms with E-state index in [2.05, 4.69) is 29.4 Å². The molecule has 3 heteroatoms. The third kappa shape index (κ3) is 3.57. The van der Waals surface area contributed by atoms with E-state index in [0.29, 0.717) is 0 Å². The molecule has 0 aliphatic rings. The Morgan fingerprint density at radius 1 is 1.88 bits per heavy atom. The van der Waals surface area contributed by atoms with Gasteiger partial charge in [-0.1, -0.05) is 18.5 Å².